The smallest absolute Gasteiger partial charge is 0.231 e. The maximum Gasteiger partial charge on any atom is 0.231 e. The van der Waals surface area contributed by atoms with E-state index in [1.54, 1.807) is 7.11 Å². The van der Waals surface area contributed by atoms with E-state index in [0.717, 1.165) is 48.8 Å². The van der Waals surface area contributed by atoms with Crippen LogP contribution < -0.4 is 18.9 Å². The van der Waals surface area contributed by atoms with Crippen molar-refractivity contribution in [3.05, 3.63) is 69.8 Å². The quantitative estimate of drug-likeness (QED) is 0.324. The SMILES string of the molecule is COc1ccc2c(c1OC/C=C(\C)CCC=C(C)C)[C@@H](C1CCCC1)N1CCc3cc4c(cc3C1=C2)OCO4. The van der Waals surface area contributed by atoms with Crippen molar-refractivity contribution in [3.8, 4) is 23.0 Å². The highest BCUT2D eigenvalue weighted by molar-refractivity contribution is 5.88. The standard InChI is InChI=1S/C34H41NO4/c1-22(2)8-7-9-23(3)15-17-37-34-29(36-4)13-12-26-18-28-27-20-31-30(38-21-39-31)19-25(27)14-16-35(28)33(32(26)34)24-10-5-6-11-24/h8,12-13,15,18-20,24,33H,5-7,9-11,14,16-17,21H2,1-4H3/b23-15+/t33-/m1/s1. The Morgan fingerprint density at radius 3 is 2.62 bits per heavy atom. The van der Waals surface area contributed by atoms with E-state index in [0.29, 0.717) is 19.3 Å². The molecule has 0 bridgehead atoms. The molecule has 0 spiro atoms. The van der Waals surface area contributed by atoms with Crippen molar-refractivity contribution in [2.24, 2.45) is 5.92 Å². The molecule has 5 heteroatoms. The van der Waals surface area contributed by atoms with E-state index in [1.807, 2.05) is 0 Å². The first-order valence-electron chi connectivity index (χ1n) is 14.6. The van der Waals surface area contributed by atoms with Crippen molar-refractivity contribution >= 4 is 11.8 Å². The van der Waals surface area contributed by atoms with E-state index in [4.69, 9.17) is 18.9 Å². The Morgan fingerprint density at radius 1 is 1.05 bits per heavy atom. The average molecular weight is 528 g/mol. The molecule has 3 aliphatic heterocycles. The molecule has 1 aliphatic carbocycles. The van der Waals surface area contributed by atoms with Crippen LogP contribution in [0.2, 0.25) is 0 Å². The predicted octanol–water partition coefficient (Wildman–Crippen LogP) is 8.10. The van der Waals surface area contributed by atoms with E-state index < -0.39 is 0 Å². The summed E-state index contributed by atoms with van der Waals surface area (Å²) in [6, 6.07) is 8.94. The first kappa shape index (κ1) is 25.9. The number of nitrogens with zero attached hydrogens (tertiary/aromatic N) is 1. The second kappa shape index (κ2) is 11.0. The number of fused-ring (bicyclic) bond motifs is 5. The summed E-state index contributed by atoms with van der Waals surface area (Å²) in [5.74, 6) is 4.05. The third-order valence-corrected chi connectivity index (χ3v) is 8.74. The van der Waals surface area contributed by atoms with Crippen molar-refractivity contribution in [1.29, 1.82) is 0 Å². The van der Waals surface area contributed by atoms with Gasteiger partial charge in [-0.1, -0.05) is 36.1 Å². The molecule has 1 fully saturated rings. The molecule has 0 radical (unpaired) electrons. The van der Waals surface area contributed by atoms with Gasteiger partial charge in [0.1, 0.15) is 6.61 Å². The summed E-state index contributed by atoms with van der Waals surface area (Å²) in [5, 5.41) is 0. The van der Waals surface area contributed by atoms with Gasteiger partial charge in [-0.15, -0.1) is 0 Å². The van der Waals surface area contributed by atoms with E-state index in [1.165, 1.54) is 64.8 Å². The highest BCUT2D eigenvalue weighted by Gasteiger charge is 2.41. The van der Waals surface area contributed by atoms with Crippen LogP contribution >= 0.6 is 0 Å². The molecule has 206 valence electrons. The molecule has 0 aromatic heterocycles. The zero-order valence-corrected chi connectivity index (χ0v) is 23.8. The first-order chi connectivity index (χ1) is 19.0. The third kappa shape index (κ3) is 5.04. The third-order valence-electron chi connectivity index (χ3n) is 8.74. The summed E-state index contributed by atoms with van der Waals surface area (Å²) in [5.41, 5.74) is 9.17. The molecule has 2 aromatic rings. The fourth-order valence-corrected chi connectivity index (χ4v) is 6.75. The zero-order chi connectivity index (χ0) is 26.9. The summed E-state index contributed by atoms with van der Waals surface area (Å²) >= 11 is 0. The molecule has 3 heterocycles. The molecule has 39 heavy (non-hydrogen) atoms. The van der Waals surface area contributed by atoms with Gasteiger partial charge in [-0.25, -0.2) is 0 Å². The zero-order valence-electron chi connectivity index (χ0n) is 23.8. The average Bonchev–Trinajstić information content (AvgIpc) is 3.62. The second-order valence-corrected chi connectivity index (χ2v) is 11.6. The van der Waals surface area contributed by atoms with Crippen molar-refractivity contribution in [1.82, 2.24) is 4.90 Å². The molecule has 0 unspecified atom stereocenters. The second-order valence-electron chi connectivity index (χ2n) is 11.6. The largest absolute Gasteiger partial charge is 0.493 e. The number of methoxy groups -OCH3 is 1. The van der Waals surface area contributed by atoms with Gasteiger partial charge in [0.05, 0.1) is 13.2 Å². The molecule has 0 saturated heterocycles. The molecule has 0 N–H and O–H groups in total. The van der Waals surface area contributed by atoms with Crippen LogP contribution in [0.25, 0.3) is 11.8 Å². The van der Waals surface area contributed by atoms with Gasteiger partial charge >= 0.3 is 0 Å². The highest BCUT2D eigenvalue weighted by atomic mass is 16.7. The Balaban J connectivity index is 1.38. The van der Waals surface area contributed by atoms with Crippen molar-refractivity contribution in [2.75, 3.05) is 27.1 Å². The Morgan fingerprint density at radius 2 is 1.85 bits per heavy atom. The summed E-state index contributed by atoms with van der Waals surface area (Å²) in [7, 11) is 1.75. The number of benzene rings is 2. The molecule has 0 amide bonds. The Bertz CT molecular complexity index is 1330. The molecule has 1 atom stereocenters. The number of rotatable bonds is 8. The monoisotopic (exact) mass is 527 g/mol. The molecular formula is C34H41NO4. The van der Waals surface area contributed by atoms with Crippen LogP contribution in [0.4, 0.5) is 0 Å². The summed E-state index contributed by atoms with van der Waals surface area (Å²) in [6.45, 7) is 8.35. The van der Waals surface area contributed by atoms with Crippen LogP contribution in [0.15, 0.2) is 47.6 Å². The van der Waals surface area contributed by atoms with Crippen LogP contribution in [0, 0.1) is 5.92 Å². The maximum atomic E-state index is 6.61. The fraction of sp³-hybridized carbons (Fsp3) is 0.471. The summed E-state index contributed by atoms with van der Waals surface area (Å²) < 4.78 is 24.0. The Kier molecular flexibility index (Phi) is 7.33. The van der Waals surface area contributed by atoms with Gasteiger partial charge in [0.15, 0.2) is 23.0 Å². The van der Waals surface area contributed by atoms with E-state index >= 15 is 0 Å². The minimum atomic E-state index is 0.272. The van der Waals surface area contributed by atoms with Gasteiger partial charge in [-0.2, -0.15) is 0 Å². The molecule has 2 aromatic carbocycles. The molecule has 6 rings (SSSR count). The minimum absolute atomic E-state index is 0.272. The number of hydrogen-bond acceptors (Lipinski definition) is 5. The fourth-order valence-electron chi connectivity index (χ4n) is 6.75. The van der Waals surface area contributed by atoms with Gasteiger partial charge in [0.25, 0.3) is 0 Å². The lowest BCUT2D eigenvalue weighted by atomic mass is 9.80. The van der Waals surface area contributed by atoms with Crippen LogP contribution in [-0.4, -0.2) is 32.0 Å². The van der Waals surface area contributed by atoms with Crippen LogP contribution in [0.5, 0.6) is 23.0 Å². The highest BCUT2D eigenvalue weighted by Crippen LogP contribution is 2.54. The maximum absolute atomic E-state index is 6.61. The lowest BCUT2D eigenvalue weighted by Gasteiger charge is -2.46. The topological polar surface area (TPSA) is 40.2 Å². The van der Waals surface area contributed by atoms with E-state index in [2.05, 4.69) is 68.2 Å². The van der Waals surface area contributed by atoms with Gasteiger partial charge in [0, 0.05) is 23.4 Å². The van der Waals surface area contributed by atoms with Crippen LogP contribution in [0.1, 0.15) is 87.6 Å². The lowest BCUT2D eigenvalue weighted by molar-refractivity contribution is 0.174. The van der Waals surface area contributed by atoms with Crippen LogP contribution in [0.3, 0.4) is 0 Å². The molecule has 1 saturated carbocycles. The van der Waals surface area contributed by atoms with Crippen molar-refractivity contribution in [3.63, 3.8) is 0 Å². The van der Waals surface area contributed by atoms with Crippen LogP contribution in [-0.2, 0) is 6.42 Å². The first-order valence-corrected chi connectivity index (χ1v) is 14.6. The molecule has 4 aliphatic rings. The van der Waals surface area contributed by atoms with Gasteiger partial charge in [-0.3, -0.25) is 0 Å². The van der Waals surface area contributed by atoms with Gasteiger partial charge < -0.3 is 23.8 Å². The molecule has 5 nitrogen and oxygen atoms in total. The van der Waals surface area contributed by atoms with Gasteiger partial charge in [-0.05, 0) is 100 Å². The number of hydrogen-bond donors (Lipinski definition) is 0. The molecular weight excluding hydrogens is 486 g/mol. The number of ether oxygens (including phenoxy) is 4. The summed E-state index contributed by atoms with van der Waals surface area (Å²) in [6.07, 6.45) is 15.1. The minimum Gasteiger partial charge on any atom is -0.493 e. The lowest BCUT2D eigenvalue weighted by Crippen LogP contribution is -2.38. The van der Waals surface area contributed by atoms with Crippen molar-refractivity contribution in [2.45, 2.75) is 71.8 Å². The van der Waals surface area contributed by atoms with E-state index in [9.17, 15) is 0 Å². The normalized spacial score (nSPS) is 19.7. The Hall–Kier alpha value is -3.34. The van der Waals surface area contributed by atoms with Gasteiger partial charge in [0.2, 0.25) is 6.79 Å². The number of allylic oxidation sites excluding steroid dienone is 3. The summed E-state index contributed by atoms with van der Waals surface area (Å²) in [4.78, 5) is 2.65. The van der Waals surface area contributed by atoms with E-state index in [-0.39, 0.29) is 6.04 Å². The Labute approximate surface area is 233 Å². The predicted molar refractivity (Wildman–Crippen MR) is 156 cm³/mol. The van der Waals surface area contributed by atoms with Crippen molar-refractivity contribution < 1.29 is 18.9 Å².